The molecule has 1 fully saturated rings. The molecular formula is C18H26N6O2. The second-order valence-electron chi connectivity index (χ2n) is 6.07. The summed E-state index contributed by atoms with van der Waals surface area (Å²) in [6, 6.07) is 8.07. The standard InChI is InChI=1S/C18H26N6O2/c1-25-16-4-2-3-15(13-16)5-6-19-17-14-21-23-18(22-17)20-7-8-24-9-11-26-12-10-24/h2-4,13-14H,5-12H2,1H3,(H2,19,20,22,23). The summed E-state index contributed by atoms with van der Waals surface area (Å²) in [4.78, 5) is 6.82. The highest BCUT2D eigenvalue weighted by Gasteiger charge is 2.09. The first kappa shape index (κ1) is 18.3. The smallest absolute Gasteiger partial charge is 0.244 e. The van der Waals surface area contributed by atoms with Gasteiger partial charge in [0.2, 0.25) is 5.95 Å². The predicted octanol–water partition coefficient (Wildman–Crippen LogP) is 1.28. The molecule has 0 atom stereocenters. The average molecular weight is 358 g/mol. The molecule has 0 saturated carbocycles. The van der Waals surface area contributed by atoms with E-state index >= 15 is 0 Å². The minimum absolute atomic E-state index is 0.546. The number of morpholine rings is 1. The predicted molar refractivity (Wildman–Crippen MR) is 101 cm³/mol. The summed E-state index contributed by atoms with van der Waals surface area (Å²) in [6.07, 6.45) is 2.51. The van der Waals surface area contributed by atoms with E-state index in [9.17, 15) is 0 Å². The van der Waals surface area contributed by atoms with Crippen molar-refractivity contribution in [2.45, 2.75) is 6.42 Å². The van der Waals surface area contributed by atoms with Crippen LogP contribution in [0.4, 0.5) is 11.8 Å². The van der Waals surface area contributed by atoms with Crippen LogP contribution in [0, 0.1) is 0 Å². The van der Waals surface area contributed by atoms with Crippen molar-refractivity contribution in [1.29, 1.82) is 0 Å². The minimum Gasteiger partial charge on any atom is -0.497 e. The van der Waals surface area contributed by atoms with Crippen molar-refractivity contribution >= 4 is 11.8 Å². The Morgan fingerprint density at radius 3 is 2.92 bits per heavy atom. The molecule has 1 aliphatic rings. The quantitative estimate of drug-likeness (QED) is 0.693. The number of methoxy groups -OCH3 is 1. The molecule has 26 heavy (non-hydrogen) atoms. The Morgan fingerprint density at radius 2 is 2.08 bits per heavy atom. The number of rotatable bonds is 9. The first-order chi connectivity index (χ1) is 12.8. The maximum Gasteiger partial charge on any atom is 0.244 e. The van der Waals surface area contributed by atoms with Gasteiger partial charge in [-0.15, -0.1) is 5.10 Å². The number of hydrogen-bond acceptors (Lipinski definition) is 8. The van der Waals surface area contributed by atoms with E-state index in [2.05, 4.69) is 36.8 Å². The molecule has 0 amide bonds. The highest BCUT2D eigenvalue weighted by Crippen LogP contribution is 2.13. The zero-order valence-corrected chi connectivity index (χ0v) is 15.1. The van der Waals surface area contributed by atoms with Crippen LogP contribution in [-0.2, 0) is 11.2 Å². The molecule has 8 heteroatoms. The summed E-state index contributed by atoms with van der Waals surface area (Å²) < 4.78 is 10.6. The highest BCUT2D eigenvalue weighted by molar-refractivity contribution is 5.37. The average Bonchev–Trinajstić information content (AvgIpc) is 2.69. The van der Waals surface area contributed by atoms with Gasteiger partial charge in [0.15, 0.2) is 5.82 Å². The van der Waals surface area contributed by atoms with Crippen LogP contribution in [0.5, 0.6) is 5.75 Å². The Morgan fingerprint density at radius 1 is 1.19 bits per heavy atom. The third-order valence-corrected chi connectivity index (χ3v) is 4.23. The minimum atomic E-state index is 0.546. The van der Waals surface area contributed by atoms with E-state index < -0.39 is 0 Å². The van der Waals surface area contributed by atoms with Crippen LogP contribution in [0.1, 0.15) is 5.56 Å². The number of benzene rings is 1. The molecule has 2 aromatic rings. The van der Waals surface area contributed by atoms with Crippen molar-refractivity contribution in [3.8, 4) is 5.75 Å². The number of aromatic nitrogens is 3. The van der Waals surface area contributed by atoms with Crippen molar-refractivity contribution in [3.05, 3.63) is 36.0 Å². The molecule has 1 aromatic carbocycles. The van der Waals surface area contributed by atoms with E-state index in [-0.39, 0.29) is 0 Å². The van der Waals surface area contributed by atoms with Crippen molar-refractivity contribution in [1.82, 2.24) is 20.1 Å². The van der Waals surface area contributed by atoms with Gasteiger partial charge in [-0.05, 0) is 24.1 Å². The largest absolute Gasteiger partial charge is 0.497 e. The van der Waals surface area contributed by atoms with Gasteiger partial charge in [0.05, 0.1) is 26.5 Å². The number of ether oxygens (including phenoxy) is 2. The third kappa shape index (κ3) is 5.82. The van der Waals surface area contributed by atoms with Crippen LogP contribution in [0.25, 0.3) is 0 Å². The van der Waals surface area contributed by atoms with Gasteiger partial charge in [0, 0.05) is 32.7 Å². The van der Waals surface area contributed by atoms with Crippen molar-refractivity contribution in [3.63, 3.8) is 0 Å². The third-order valence-electron chi connectivity index (χ3n) is 4.23. The molecule has 2 heterocycles. The molecule has 0 spiro atoms. The molecule has 0 unspecified atom stereocenters. The second-order valence-corrected chi connectivity index (χ2v) is 6.07. The summed E-state index contributed by atoms with van der Waals surface area (Å²) in [5.74, 6) is 2.14. The molecule has 0 aliphatic carbocycles. The Bertz CT molecular complexity index is 678. The SMILES string of the molecule is COc1cccc(CCNc2cnnc(NCCN3CCOCC3)n2)c1. The van der Waals surface area contributed by atoms with Crippen LogP contribution in [0.3, 0.4) is 0 Å². The van der Waals surface area contributed by atoms with Crippen LogP contribution < -0.4 is 15.4 Å². The van der Waals surface area contributed by atoms with Crippen molar-refractivity contribution in [2.24, 2.45) is 0 Å². The lowest BCUT2D eigenvalue weighted by Gasteiger charge is -2.26. The monoisotopic (exact) mass is 358 g/mol. The second kappa shape index (κ2) is 9.88. The molecule has 8 nitrogen and oxygen atoms in total. The van der Waals surface area contributed by atoms with Crippen LogP contribution >= 0.6 is 0 Å². The molecule has 1 aliphatic heterocycles. The Balaban J connectivity index is 1.41. The fourth-order valence-electron chi connectivity index (χ4n) is 2.78. The number of nitrogens with zero attached hydrogens (tertiary/aromatic N) is 4. The Labute approximate surface area is 153 Å². The first-order valence-electron chi connectivity index (χ1n) is 8.94. The van der Waals surface area contributed by atoms with Crippen LogP contribution in [0.15, 0.2) is 30.5 Å². The van der Waals surface area contributed by atoms with E-state index in [0.717, 1.165) is 63.9 Å². The van der Waals surface area contributed by atoms with Gasteiger partial charge < -0.3 is 20.1 Å². The van der Waals surface area contributed by atoms with Gasteiger partial charge in [-0.25, -0.2) is 0 Å². The van der Waals surface area contributed by atoms with E-state index in [0.29, 0.717) is 5.95 Å². The number of hydrogen-bond donors (Lipinski definition) is 2. The molecular weight excluding hydrogens is 332 g/mol. The van der Waals surface area contributed by atoms with Crippen molar-refractivity contribution < 1.29 is 9.47 Å². The molecule has 2 N–H and O–H groups in total. The van der Waals surface area contributed by atoms with E-state index in [1.54, 1.807) is 13.3 Å². The lowest BCUT2D eigenvalue weighted by Crippen LogP contribution is -2.39. The highest BCUT2D eigenvalue weighted by atomic mass is 16.5. The Kier molecular flexibility index (Phi) is 6.97. The Hall–Kier alpha value is -2.45. The number of nitrogens with one attached hydrogen (secondary N) is 2. The van der Waals surface area contributed by atoms with Crippen LogP contribution in [-0.4, -0.2) is 73.1 Å². The van der Waals surface area contributed by atoms with E-state index in [1.165, 1.54) is 5.56 Å². The van der Waals surface area contributed by atoms with Gasteiger partial charge in [-0.3, -0.25) is 4.90 Å². The van der Waals surface area contributed by atoms with E-state index in [1.807, 2.05) is 18.2 Å². The molecule has 140 valence electrons. The summed E-state index contributed by atoms with van der Waals surface area (Å²) in [5, 5.41) is 14.6. The fraction of sp³-hybridized carbons (Fsp3) is 0.500. The van der Waals surface area contributed by atoms with Crippen molar-refractivity contribution in [2.75, 3.05) is 63.7 Å². The molecule has 0 radical (unpaired) electrons. The maximum atomic E-state index is 5.35. The normalized spacial score (nSPS) is 14.8. The lowest BCUT2D eigenvalue weighted by molar-refractivity contribution is 0.0398. The van der Waals surface area contributed by atoms with Gasteiger partial charge in [-0.1, -0.05) is 12.1 Å². The zero-order valence-electron chi connectivity index (χ0n) is 15.1. The first-order valence-corrected chi connectivity index (χ1v) is 8.94. The molecule has 1 aromatic heterocycles. The molecule has 3 rings (SSSR count). The summed E-state index contributed by atoms with van der Waals surface area (Å²) >= 11 is 0. The fourth-order valence-corrected chi connectivity index (χ4v) is 2.78. The molecule has 1 saturated heterocycles. The van der Waals surface area contributed by atoms with Gasteiger partial charge in [-0.2, -0.15) is 10.1 Å². The van der Waals surface area contributed by atoms with E-state index in [4.69, 9.17) is 9.47 Å². The van der Waals surface area contributed by atoms with Crippen LogP contribution in [0.2, 0.25) is 0 Å². The number of anilines is 2. The summed E-state index contributed by atoms with van der Waals surface area (Å²) in [7, 11) is 1.68. The van der Waals surface area contributed by atoms with Gasteiger partial charge in [0.1, 0.15) is 5.75 Å². The topological polar surface area (TPSA) is 84.4 Å². The van der Waals surface area contributed by atoms with Gasteiger partial charge >= 0.3 is 0 Å². The lowest BCUT2D eigenvalue weighted by atomic mass is 10.1. The van der Waals surface area contributed by atoms with Gasteiger partial charge in [0.25, 0.3) is 0 Å². The molecule has 0 bridgehead atoms. The summed E-state index contributed by atoms with van der Waals surface area (Å²) in [6.45, 7) is 6.07. The maximum absolute atomic E-state index is 5.35. The zero-order chi connectivity index (χ0) is 18.0. The summed E-state index contributed by atoms with van der Waals surface area (Å²) in [5.41, 5.74) is 1.21.